The number of thiol groups is 1. The van der Waals surface area contributed by atoms with Crippen LogP contribution in [-0.2, 0) is 94.3 Å². The summed E-state index contributed by atoms with van der Waals surface area (Å²) in [6.45, 7) is 17.8. The average molecular weight is 2120 g/mol. The molecule has 0 spiro atoms. The maximum atomic E-state index is 13.5. The van der Waals surface area contributed by atoms with Crippen molar-refractivity contribution >= 4 is 156 Å². The number of aromatic amines is 1. The van der Waals surface area contributed by atoms with E-state index in [1.54, 1.807) is 82.6 Å². The van der Waals surface area contributed by atoms with Crippen LogP contribution >= 0.6 is 66.0 Å². The maximum absolute atomic E-state index is 13.5. The van der Waals surface area contributed by atoms with Crippen molar-refractivity contribution in [2.75, 3.05) is 74.7 Å². The molecule has 3 aromatic heterocycles. The van der Waals surface area contributed by atoms with Crippen LogP contribution in [0.25, 0.3) is 22.3 Å². The van der Waals surface area contributed by atoms with Crippen LogP contribution < -0.4 is 16.1 Å². The zero-order valence-electron chi connectivity index (χ0n) is 72.5. The molecule has 54 heteroatoms. The molecule has 6 aromatic rings. The molecule has 0 aliphatic carbocycles. The molecule has 3 unspecified atom stereocenters. The van der Waals surface area contributed by atoms with Crippen LogP contribution in [0.1, 0.15) is 156 Å². The standard InChI is InChI=1S/C18H17F4NO4.C13H9F4NO2.C11H14BrNO4.C11H19NO4.C7H5BF4O2.C6H11NO2.C5H9NO2.C4H9BrO2.C2HF3O.CH4.BHNS.Cl2OS/c1-17(2,3)27-16(25)23-8-7-11(14(23)15(24)26-4)10-5-6-13(19)12(9-10)18(20,21)22;1-20-12(19)11-8(4-5-18-11)7-2-3-10(14)9(6-7)13(15,16)17;1-11(2,3)17-10(15)13-6-5-7(12)8(13)9(14)16-4;1-11(2,3)16-10(14)12-7-5-6-8(12)9(13)15-4;9-6-2-1-4(8(13)14)3-5(6)7(10,11)12;1-9-6(8)5-3-2-4-7-5;7-5(8)4-2-1-3-6-4;1-6-4(3-5)7-2;3-2(4,5)1-6;;1-2-3;1-4(2)3/h5-9H,1-4H3;2-6,18H,1H3;5-6H,1-4H3;8H,5-7H2,1-4H3;1-3,13-14H;5,7H,2-4H2,1H3;4,6H,1-3H2,(H,7,8);4H,3H2,1-2H3;1H;1H4;3H;. The first kappa shape index (κ1) is 127. The second kappa shape index (κ2) is 60.3. The van der Waals surface area contributed by atoms with E-state index < -0.39 is 152 Å². The van der Waals surface area contributed by atoms with E-state index in [9.17, 15) is 109 Å². The number of carbonyl (C=O) groups is 10. The summed E-state index contributed by atoms with van der Waals surface area (Å²) < 4.78 is 246. The molecule has 3 aliphatic rings. The quantitative estimate of drug-likeness (QED) is 0.00688. The number of nitrogens with one attached hydrogen (secondary N) is 3. The SMILES string of the molecule is C.COC(=O)C1CCCN1.COC(=O)C1CCCN1C(=O)OC(C)(C)C.COC(=O)c1[nH]ccc1-c1ccc(F)c(C(F)(F)F)c1.COC(=O)c1c(-c2ccc(F)c(C(F)(F)F)c2)ccn1C(=O)OC(C)(C)C.COC(=O)c1c(Br)ccn1C(=O)OC(C)(C)C.COC(CBr)OC.O=C(O)C1CCCN1.O=CC(F)(F)F.O=S(Cl)Cl.OB(O)c1ccc(F)c(C(F)(F)F)c1.[B]=NS. The number of hydrogen-bond donors (Lipinski definition) is 7. The number of carbonyl (C=O) groups excluding carboxylic acids is 9. The van der Waals surface area contributed by atoms with E-state index >= 15 is 0 Å². The van der Waals surface area contributed by atoms with E-state index in [0.717, 1.165) is 86.0 Å². The number of benzene rings is 3. The van der Waals surface area contributed by atoms with Crippen LogP contribution in [0.3, 0.4) is 0 Å². The molecule has 31 nitrogen and oxygen atoms in total. The summed E-state index contributed by atoms with van der Waals surface area (Å²) in [4.78, 5) is 116. The van der Waals surface area contributed by atoms with Gasteiger partial charge in [0.25, 0.3) is 0 Å². The Labute approximate surface area is 784 Å². The number of amides is 1. The van der Waals surface area contributed by atoms with Gasteiger partial charge in [0.1, 0.15) is 63.8 Å². The monoisotopic (exact) mass is 2120 g/mol. The Morgan fingerprint density at radius 1 is 0.576 bits per heavy atom. The molecule has 6 N–H and O–H groups in total. The summed E-state index contributed by atoms with van der Waals surface area (Å²) in [5.74, 6) is -7.76. The second-order valence-electron chi connectivity index (χ2n) is 28.6. The molecule has 0 bridgehead atoms. The number of methoxy groups -OCH3 is 7. The molecule has 9 rings (SSSR count). The fraction of sp³-hybridized carbons (Fsp3) is 0.487. The Morgan fingerprint density at radius 3 is 1.30 bits per heavy atom. The van der Waals surface area contributed by atoms with Gasteiger partial charge in [0.15, 0.2) is 12.0 Å². The van der Waals surface area contributed by atoms with Gasteiger partial charge in [-0.15, -0.1) is 0 Å². The number of aromatic nitrogens is 3. The average Bonchev–Trinajstić information content (AvgIpc) is 1.61. The summed E-state index contributed by atoms with van der Waals surface area (Å²) in [5.41, 5.74) is -6.88. The van der Waals surface area contributed by atoms with Crippen molar-refractivity contribution in [2.45, 2.75) is 174 Å². The first-order valence-electron chi connectivity index (χ1n) is 37.1. The molecule has 0 saturated carbocycles. The minimum absolute atomic E-state index is 0. The molecule has 1 amide bonds. The minimum atomic E-state index is -4.92. The number of ether oxygens (including phenoxy) is 10. The third-order valence-corrected chi connectivity index (χ3v) is 16.8. The molecule has 3 atom stereocenters. The number of halogens is 19. The van der Waals surface area contributed by atoms with Crippen molar-refractivity contribution in [1.29, 1.82) is 0 Å². The van der Waals surface area contributed by atoms with Crippen LogP contribution in [0.5, 0.6) is 0 Å². The molecule has 741 valence electrons. The number of carboxylic acids is 1. The number of aldehydes is 1. The molecular formula is C78H99B2Br2Cl2F15N7O24S2. The van der Waals surface area contributed by atoms with Gasteiger partial charge in [-0.3, -0.25) is 19.3 Å². The third-order valence-electron chi connectivity index (χ3n) is 15.6. The van der Waals surface area contributed by atoms with Gasteiger partial charge in [-0.2, -0.15) is 52.7 Å². The van der Waals surface area contributed by atoms with Gasteiger partial charge in [-0.1, -0.05) is 41.6 Å². The number of carboxylic acid groups (broad SMARTS) is 1. The number of likely N-dealkylation sites (tertiary alicyclic amines) is 1. The van der Waals surface area contributed by atoms with Gasteiger partial charge in [-0.25, -0.2) is 60.1 Å². The van der Waals surface area contributed by atoms with Crippen molar-refractivity contribution in [2.24, 2.45) is 4.30 Å². The summed E-state index contributed by atoms with van der Waals surface area (Å²) in [5, 5.41) is 32.1. The number of esters is 5. The van der Waals surface area contributed by atoms with E-state index in [1.165, 1.54) is 63.0 Å². The van der Waals surface area contributed by atoms with E-state index in [1.807, 2.05) is 0 Å². The van der Waals surface area contributed by atoms with Crippen LogP contribution in [-0.4, -0.2) is 236 Å². The Kier molecular flexibility index (Phi) is 58.0. The molecule has 6 heterocycles. The van der Waals surface area contributed by atoms with Crippen molar-refractivity contribution in [3.8, 4) is 22.3 Å². The van der Waals surface area contributed by atoms with E-state index in [4.69, 9.17) is 47.8 Å². The number of aliphatic carboxylic acids is 1. The fourth-order valence-corrected chi connectivity index (χ4v) is 11.1. The Morgan fingerprint density at radius 2 is 0.955 bits per heavy atom. The van der Waals surface area contributed by atoms with Crippen LogP contribution in [0, 0.1) is 17.5 Å². The van der Waals surface area contributed by atoms with Crippen molar-refractivity contribution in [1.82, 2.24) is 29.7 Å². The van der Waals surface area contributed by atoms with Gasteiger partial charge in [0, 0.05) is 71.8 Å². The predicted molar refractivity (Wildman–Crippen MR) is 464 cm³/mol. The zero-order chi connectivity index (χ0) is 102. The van der Waals surface area contributed by atoms with E-state index in [-0.39, 0.29) is 77.1 Å². The molecule has 1 radical (unpaired) electrons. The second-order valence-corrected chi connectivity index (χ2v) is 32.8. The molecule has 3 fully saturated rings. The van der Waals surface area contributed by atoms with Gasteiger partial charge in [0.05, 0.1) is 62.0 Å². The molecule has 132 heavy (non-hydrogen) atoms. The Hall–Kier alpha value is -9.12. The van der Waals surface area contributed by atoms with Crippen LogP contribution in [0.15, 0.2) is 100 Å². The van der Waals surface area contributed by atoms with Crippen LogP contribution in [0.2, 0.25) is 0 Å². The summed E-state index contributed by atoms with van der Waals surface area (Å²) in [6.07, 6.45) is -13.1. The molecular weight excluding hydrogens is 2020 g/mol. The van der Waals surface area contributed by atoms with Crippen LogP contribution in [0.4, 0.5) is 80.2 Å². The van der Waals surface area contributed by atoms with Crippen molar-refractivity contribution < 1.29 is 181 Å². The third kappa shape index (κ3) is 48.2. The number of H-pyrrole nitrogens is 1. The predicted octanol–water partition coefficient (Wildman–Crippen LogP) is 16.8. The van der Waals surface area contributed by atoms with Crippen molar-refractivity contribution in [3.05, 3.63) is 147 Å². The first-order valence-corrected chi connectivity index (χ1v) is 42.2. The molecule has 3 aromatic carbocycles. The summed E-state index contributed by atoms with van der Waals surface area (Å²) >= 11 is 9.55. The number of hydrogen-bond acceptors (Lipinski definition) is 27. The Bertz CT molecular complexity index is 4670. The number of nitrogens with zero attached hydrogens (tertiary/aromatic N) is 4. The van der Waals surface area contributed by atoms with E-state index in [0.29, 0.717) is 53.8 Å². The van der Waals surface area contributed by atoms with E-state index in [2.05, 4.69) is 117 Å². The normalized spacial score (nSPS) is 14.3. The summed E-state index contributed by atoms with van der Waals surface area (Å²) in [7, 11) is 19.1. The van der Waals surface area contributed by atoms with Gasteiger partial charge in [0.2, 0.25) is 15.5 Å². The van der Waals surface area contributed by atoms with Crippen molar-refractivity contribution in [3.63, 3.8) is 0 Å². The molecule has 3 aliphatic heterocycles. The summed E-state index contributed by atoms with van der Waals surface area (Å²) in [6, 6.07) is 10.1. The zero-order valence-corrected chi connectivity index (χ0v) is 78.9. The Balaban J connectivity index is -0.00000145. The molecule has 3 saturated heterocycles. The van der Waals surface area contributed by atoms with Gasteiger partial charge >= 0.3 is 111 Å². The van der Waals surface area contributed by atoms with Gasteiger partial charge in [-0.05, 0) is 201 Å². The van der Waals surface area contributed by atoms with Gasteiger partial charge < -0.3 is 78.1 Å². The number of alkyl halides is 13. The number of rotatable bonds is 12. The topological polar surface area (TPSA) is 406 Å². The first-order chi connectivity index (χ1) is 60.3. The fourth-order valence-electron chi connectivity index (χ4n) is 10.1.